The van der Waals surface area contributed by atoms with E-state index >= 15 is 0 Å². The summed E-state index contributed by atoms with van der Waals surface area (Å²) in [6.07, 6.45) is 7.43. The van der Waals surface area contributed by atoms with Crippen molar-refractivity contribution in [2.75, 3.05) is 13.1 Å². The number of benzene rings is 1. The van der Waals surface area contributed by atoms with Gasteiger partial charge in [-0.25, -0.2) is 0 Å². The Morgan fingerprint density at radius 3 is 2.64 bits per heavy atom. The predicted octanol–water partition coefficient (Wildman–Crippen LogP) is 3.67. The minimum atomic E-state index is 0.0843. The molecule has 2 aromatic rings. The topological polar surface area (TPSA) is 45.5 Å². The first-order chi connectivity index (χ1) is 12.2. The summed E-state index contributed by atoms with van der Waals surface area (Å²) in [7, 11) is 0. The Morgan fingerprint density at radius 1 is 1.12 bits per heavy atom. The van der Waals surface area contributed by atoms with Gasteiger partial charge in [-0.2, -0.15) is 0 Å². The standard InChI is InChI=1S/C21H24N2O2/c24-20(22-19-14-5-9-23(10-6-14)21(19)7-8-21)15-3-4-17-16(11-15)12-18(25-17)13-1-2-13/h3-4,11-14,19H,1-2,5-10H2,(H,22,24)/t19-/m1/s1. The second kappa shape index (κ2) is 4.88. The normalized spacial score (nSPS) is 32.2. The van der Waals surface area contributed by atoms with Gasteiger partial charge in [-0.1, -0.05) is 0 Å². The summed E-state index contributed by atoms with van der Waals surface area (Å²) in [4.78, 5) is 15.6. The monoisotopic (exact) mass is 336 g/mol. The zero-order valence-electron chi connectivity index (χ0n) is 14.5. The van der Waals surface area contributed by atoms with E-state index in [2.05, 4.69) is 16.3 Å². The van der Waals surface area contributed by atoms with E-state index in [1.54, 1.807) is 0 Å². The van der Waals surface area contributed by atoms with Crippen molar-refractivity contribution in [2.45, 2.75) is 56.0 Å². The number of carbonyl (C=O) groups excluding carboxylic acids is 1. The van der Waals surface area contributed by atoms with E-state index < -0.39 is 0 Å². The lowest BCUT2D eigenvalue weighted by Gasteiger charge is -2.52. The van der Waals surface area contributed by atoms with Gasteiger partial charge in [0.05, 0.1) is 6.04 Å². The van der Waals surface area contributed by atoms with Crippen molar-refractivity contribution in [1.82, 2.24) is 10.2 Å². The number of rotatable bonds is 3. The Labute approximate surface area is 147 Å². The van der Waals surface area contributed by atoms with Gasteiger partial charge < -0.3 is 9.73 Å². The number of nitrogens with one attached hydrogen (secondary N) is 1. The van der Waals surface area contributed by atoms with E-state index in [1.807, 2.05) is 18.2 Å². The third kappa shape index (κ3) is 2.13. The van der Waals surface area contributed by atoms with Crippen molar-refractivity contribution >= 4 is 16.9 Å². The molecule has 3 aliphatic heterocycles. The molecule has 3 saturated heterocycles. The smallest absolute Gasteiger partial charge is 0.251 e. The molecule has 2 bridgehead atoms. The van der Waals surface area contributed by atoms with Crippen molar-refractivity contribution < 1.29 is 9.21 Å². The number of hydrogen-bond donors (Lipinski definition) is 1. The second-order valence-corrected chi connectivity index (χ2v) is 8.55. The van der Waals surface area contributed by atoms with E-state index in [0.29, 0.717) is 17.9 Å². The van der Waals surface area contributed by atoms with Crippen LogP contribution in [0.15, 0.2) is 28.7 Å². The van der Waals surface area contributed by atoms with Crippen LogP contribution in [0.5, 0.6) is 0 Å². The molecule has 0 radical (unpaired) electrons. The number of piperidine rings is 3. The first-order valence-corrected chi connectivity index (χ1v) is 9.82. The van der Waals surface area contributed by atoms with Gasteiger partial charge >= 0.3 is 0 Å². The maximum absolute atomic E-state index is 12.9. The third-order valence-corrected chi connectivity index (χ3v) is 7.05. The number of furan rings is 1. The molecule has 0 unspecified atom stereocenters. The van der Waals surface area contributed by atoms with Gasteiger partial charge in [0.1, 0.15) is 11.3 Å². The van der Waals surface area contributed by atoms with Crippen molar-refractivity contribution in [3.05, 3.63) is 35.6 Å². The Kier molecular flexibility index (Phi) is 2.80. The molecule has 25 heavy (non-hydrogen) atoms. The maximum atomic E-state index is 12.9. The molecule has 1 atom stereocenters. The van der Waals surface area contributed by atoms with Gasteiger partial charge in [-0.15, -0.1) is 0 Å². The van der Waals surface area contributed by atoms with Crippen molar-refractivity contribution in [3.8, 4) is 0 Å². The van der Waals surface area contributed by atoms with Crippen LogP contribution >= 0.6 is 0 Å². The molecule has 1 N–H and O–H groups in total. The van der Waals surface area contributed by atoms with E-state index in [-0.39, 0.29) is 11.4 Å². The molecule has 2 aliphatic carbocycles. The van der Waals surface area contributed by atoms with Crippen LogP contribution in [0, 0.1) is 5.92 Å². The Balaban J connectivity index is 1.27. The quantitative estimate of drug-likeness (QED) is 0.930. The molecule has 4 heterocycles. The molecule has 130 valence electrons. The Morgan fingerprint density at radius 2 is 1.92 bits per heavy atom. The van der Waals surface area contributed by atoms with E-state index in [4.69, 9.17) is 4.42 Å². The fourth-order valence-electron chi connectivity index (χ4n) is 5.32. The van der Waals surface area contributed by atoms with Gasteiger partial charge in [0.15, 0.2) is 0 Å². The van der Waals surface area contributed by atoms with E-state index in [0.717, 1.165) is 22.3 Å². The molecule has 1 amide bonds. The minimum absolute atomic E-state index is 0.0843. The predicted molar refractivity (Wildman–Crippen MR) is 95.7 cm³/mol. The van der Waals surface area contributed by atoms with Gasteiger partial charge in [0.2, 0.25) is 0 Å². The minimum Gasteiger partial charge on any atom is -0.461 e. The molecule has 7 rings (SSSR count). The highest BCUT2D eigenvalue weighted by Crippen LogP contribution is 2.53. The van der Waals surface area contributed by atoms with Crippen molar-refractivity contribution in [3.63, 3.8) is 0 Å². The van der Waals surface area contributed by atoms with Crippen LogP contribution in [-0.4, -0.2) is 35.5 Å². The first-order valence-electron chi connectivity index (χ1n) is 9.82. The summed E-state index contributed by atoms with van der Waals surface area (Å²) in [6, 6.07) is 8.34. The van der Waals surface area contributed by atoms with E-state index in [9.17, 15) is 4.79 Å². The van der Waals surface area contributed by atoms with Crippen LogP contribution in [0.2, 0.25) is 0 Å². The molecule has 1 aromatic heterocycles. The highest BCUT2D eigenvalue weighted by molar-refractivity contribution is 5.98. The molecular weight excluding hydrogens is 312 g/mol. The van der Waals surface area contributed by atoms with Crippen LogP contribution in [0.25, 0.3) is 11.0 Å². The summed E-state index contributed by atoms with van der Waals surface area (Å²) < 4.78 is 5.92. The zero-order valence-corrected chi connectivity index (χ0v) is 14.5. The Bertz CT molecular complexity index is 854. The summed E-state index contributed by atoms with van der Waals surface area (Å²) in [6.45, 7) is 2.45. The van der Waals surface area contributed by atoms with Crippen LogP contribution in [0.3, 0.4) is 0 Å². The molecule has 5 aliphatic rings. The summed E-state index contributed by atoms with van der Waals surface area (Å²) in [5, 5.41) is 4.47. The summed E-state index contributed by atoms with van der Waals surface area (Å²) >= 11 is 0. The van der Waals surface area contributed by atoms with Crippen molar-refractivity contribution in [2.24, 2.45) is 5.92 Å². The SMILES string of the molecule is O=C(N[C@@H]1C2CCN(CC2)C12CC2)c1ccc2oc(C3CC3)cc2c1. The fraction of sp³-hybridized carbons (Fsp3) is 0.571. The van der Waals surface area contributed by atoms with Gasteiger partial charge in [0, 0.05) is 22.4 Å². The number of hydrogen-bond acceptors (Lipinski definition) is 3. The molecule has 4 nitrogen and oxygen atoms in total. The van der Waals surface area contributed by atoms with Crippen LogP contribution in [0.4, 0.5) is 0 Å². The lowest BCUT2D eigenvalue weighted by molar-refractivity contribution is -0.00144. The van der Waals surface area contributed by atoms with Crippen LogP contribution < -0.4 is 5.32 Å². The molecule has 1 aromatic carbocycles. The number of nitrogens with zero attached hydrogens (tertiary/aromatic N) is 1. The average molecular weight is 336 g/mol. The Hall–Kier alpha value is -1.81. The van der Waals surface area contributed by atoms with Gasteiger partial charge in [0.25, 0.3) is 5.91 Å². The number of amides is 1. The van der Waals surface area contributed by atoms with Gasteiger partial charge in [-0.3, -0.25) is 9.69 Å². The third-order valence-electron chi connectivity index (χ3n) is 7.05. The lowest BCUT2D eigenvalue weighted by Crippen LogP contribution is -2.65. The van der Waals surface area contributed by atoms with Crippen LogP contribution in [-0.2, 0) is 0 Å². The number of carbonyl (C=O) groups is 1. The second-order valence-electron chi connectivity index (χ2n) is 8.55. The zero-order chi connectivity index (χ0) is 16.6. The molecule has 5 fully saturated rings. The maximum Gasteiger partial charge on any atom is 0.251 e. The highest BCUT2D eigenvalue weighted by atomic mass is 16.3. The number of fused-ring (bicyclic) bond motifs is 3. The molecular formula is C21H24N2O2. The highest BCUT2D eigenvalue weighted by Gasteiger charge is 2.60. The van der Waals surface area contributed by atoms with Crippen LogP contribution in [0.1, 0.15) is 60.6 Å². The van der Waals surface area contributed by atoms with Gasteiger partial charge in [-0.05, 0) is 81.8 Å². The molecule has 2 saturated carbocycles. The first kappa shape index (κ1) is 14.4. The van der Waals surface area contributed by atoms with Crippen molar-refractivity contribution in [1.29, 1.82) is 0 Å². The lowest BCUT2D eigenvalue weighted by atomic mass is 9.77. The fourth-order valence-corrected chi connectivity index (χ4v) is 5.32. The average Bonchev–Trinajstić information content (AvgIpc) is 3.57. The van der Waals surface area contributed by atoms with E-state index in [1.165, 1.54) is 51.6 Å². The molecule has 4 heteroatoms. The largest absolute Gasteiger partial charge is 0.461 e. The molecule has 1 spiro atoms. The summed E-state index contributed by atoms with van der Waals surface area (Å²) in [5.41, 5.74) is 1.96. The summed E-state index contributed by atoms with van der Waals surface area (Å²) in [5.74, 6) is 2.43.